The van der Waals surface area contributed by atoms with Gasteiger partial charge in [0.1, 0.15) is 11.6 Å². The molecule has 1 unspecified atom stereocenters. The lowest BCUT2D eigenvalue weighted by molar-refractivity contribution is 0.0170. The number of aliphatic imine (C=N–C) groups is 1. The normalized spacial score (nSPS) is 16.6. The zero-order valence-corrected chi connectivity index (χ0v) is 16.0. The van der Waals surface area contributed by atoms with E-state index in [2.05, 4.69) is 32.7 Å². The Hall–Kier alpha value is -2.51. The molecule has 0 bridgehead atoms. The number of halogens is 2. The first-order chi connectivity index (χ1) is 13.7. The van der Waals surface area contributed by atoms with E-state index in [0.29, 0.717) is 12.5 Å². The third-order valence-corrected chi connectivity index (χ3v) is 4.81. The molecule has 1 aliphatic rings. The SMILES string of the molecule is CN=C(NCc1cc(F)ccc1F)NCC(c1ccccc1)N1CCOCC1. The van der Waals surface area contributed by atoms with Crippen molar-refractivity contribution in [2.75, 3.05) is 39.9 Å². The van der Waals surface area contributed by atoms with Crippen molar-refractivity contribution in [1.29, 1.82) is 0 Å². The minimum atomic E-state index is -0.461. The fourth-order valence-corrected chi connectivity index (χ4v) is 3.29. The molecule has 1 saturated heterocycles. The number of ether oxygens (including phenoxy) is 1. The van der Waals surface area contributed by atoms with Crippen LogP contribution in [-0.4, -0.2) is 50.8 Å². The predicted octanol–water partition coefficient (Wildman–Crippen LogP) is 2.70. The van der Waals surface area contributed by atoms with Crippen LogP contribution in [0, 0.1) is 11.6 Å². The lowest BCUT2D eigenvalue weighted by Gasteiger charge is -2.35. The second-order valence-electron chi connectivity index (χ2n) is 6.62. The van der Waals surface area contributed by atoms with Gasteiger partial charge in [-0.05, 0) is 23.8 Å². The van der Waals surface area contributed by atoms with Crippen molar-refractivity contribution in [1.82, 2.24) is 15.5 Å². The van der Waals surface area contributed by atoms with Crippen LogP contribution in [0.4, 0.5) is 8.78 Å². The number of benzene rings is 2. The Kier molecular flexibility index (Phi) is 7.33. The van der Waals surface area contributed by atoms with E-state index >= 15 is 0 Å². The van der Waals surface area contributed by atoms with Gasteiger partial charge in [0.25, 0.3) is 0 Å². The topological polar surface area (TPSA) is 48.9 Å². The summed E-state index contributed by atoms with van der Waals surface area (Å²) in [4.78, 5) is 6.58. The Labute approximate surface area is 164 Å². The van der Waals surface area contributed by atoms with E-state index in [1.54, 1.807) is 7.05 Å². The molecular formula is C21H26F2N4O. The van der Waals surface area contributed by atoms with Crippen LogP contribution >= 0.6 is 0 Å². The molecule has 2 N–H and O–H groups in total. The van der Waals surface area contributed by atoms with Crippen molar-refractivity contribution >= 4 is 5.96 Å². The van der Waals surface area contributed by atoms with Crippen molar-refractivity contribution in [3.8, 4) is 0 Å². The number of hydrogen-bond acceptors (Lipinski definition) is 3. The second kappa shape index (κ2) is 10.1. The van der Waals surface area contributed by atoms with Gasteiger partial charge in [0.05, 0.1) is 19.3 Å². The summed E-state index contributed by atoms with van der Waals surface area (Å²) in [5.41, 5.74) is 1.47. The third-order valence-electron chi connectivity index (χ3n) is 4.81. The highest BCUT2D eigenvalue weighted by Crippen LogP contribution is 2.21. The molecule has 1 atom stereocenters. The Morgan fingerprint density at radius 3 is 2.57 bits per heavy atom. The molecule has 0 aromatic heterocycles. The monoisotopic (exact) mass is 388 g/mol. The highest BCUT2D eigenvalue weighted by atomic mass is 19.1. The lowest BCUT2D eigenvalue weighted by atomic mass is 10.0. The quantitative estimate of drug-likeness (QED) is 0.590. The molecule has 0 saturated carbocycles. The summed E-state index contributed by atoms with van der Waals surface area (Å²) in [5, 5.41) is 6.36. The van der Waals surface area contributed by atoms with Gasteiger partial charge in [-0.3, -0.25) is 9.89 Å². The van der Waals surface area contributed by atoms with E-state index in [9.17, 15) is 8.78 Å². The van der Waals surface area contributed by atoms with E-state index in [1.165, 1.54) is 11.6 Å². The van der Waals surface area contributed by atoms with Crippen LogP contribution in [0.1, 0.15) is 17.2 Å². The van der Waals surface area contributed by atoms with Crippen LogP contribution in [0.25, 0.3) is 0 Å². The molecule has 1 heterocycles. The van der Waals surface area contributed by atoms with E-state index in [0.717, 1.165) is 38.4 Å². The van der Waals surface area contributed by atoms with Gasteiger partial charge in [-0.25, -0.2) is 8.78 Å². The Morgan fingerprint density at radius 1 is 1.11 bits per heavy atom. The number of guanidine groups is 1. The number of hydrogen-bond donors (Lipinski definition) is 2. The van der Waals surface area contributed by atoms with E-state index in [1.807, 2.05) is 18.2 Å². The van der Waals surface area contributed by atoms with Crippen molar-refractivity contribution < 1.29 is 13.5 Å². The van der Waals surface area contributed by atoms with Gasteiger partial charge in [-0.1, -0.05) is 30.3 Å². The average molecular weight is 388 g/mol. The first kappa shape index (κ1) is 20.2. The van der Waals surface area contributed by atoms with Crippen LogP contribution in [0.5, 0.6) is 0 Å². The molecule has 5 nitrogen and oxygen atoms in total. The van der Waals surface area contributed by atoms with E-state index in [4.69, 9.17) is 4.74 Å². The molecule has 0 spiro atoms. The largest absolute Gasteiger partial charge is 0.379 e. The van der Waals surface area contributed by atoms with Crippen molar-refractivity contribution in [2.24, 2.45) is 4.99 Å². The maximum atomic E-state index is 13.8. The van der Waals surface area contributed by atoms with Crippen LogP contribution in [0.3, 0.4) is 0 Å². The van der Waals surface area contributed by atoms with Gasteiger partial charge in [0, 0.05) is 38.8 Å². The summed E-state index contributed by atoms with van der Waals surface area (Å²) in [6.07, 6.45) is 0. The fraction of sp³-hybridized carbons (Fsp3) is 0.381. The van der Waals surface area contributed by atoms with Crippen LogP contribution in [-0.2, 0) is 11.3 Å². The van der Waals surface area contributed by atoms with E-state index < -0.39 is 11.6 Å². The van der Waals surface area contributed by atoms with Gasteiger partial charge >= 0.3 is 0 Å². The van der Waals surface area contributed by atoms with Crippen molar-refractivity contribution in [2.45, 2.75) is 12.6 Å². The van der Waals surface area contributed by atoms with E-state index in [-0.39, 0.29) is 18.2 Å². The first-order valence-electron chi connectivity index (χ1n) is 9.42. The lowest BCUT2D eigenvalue weighted by Crippen LogP contribution is -2.46. The highest BCUT2D eigenvalue weighted by molar-refractivity contribution is 5.79. The summed E-state index contributed by atoms with van der Waals surface area (Å²) in [6, 6.07) is 13.9. The predicted molar refractivity (Wildman–Crippen MR) is 106 cm³/mol. The smallest absolute Gasteiger partial charge is 0.191 e. The third kappa shape index (κ3) is 5.50. The number of rotatable bonds is 6. The fourth-order valence-electron chi connectivity index (χ4n) is 3.29. The minimum absolute atomic E-state index is 0.150. The minimum Gasteiger partial charge on any atom is -0.379 e. The molecule has 2 aromatic carbocycles. The second-order valence-corrected chi connectivity index (χ2v) is 6.62. The van der Waals surface area contributed by atoms with Crippen molar-refractivity contribution in [3.63, 3.8) is 0 Å². The van der Waals surface area contributed by atoms with Gasteiger partial charge in [0.2, 0.25) is 0 Å². The maximum absolute atomic E-state index is 13.8. The molecule has 7 heteroatoms. The zero-order valence-electron chi connectivity index (χ0n) is 16.0. The van der Waals surface area contributed by atoms with Crippen LogP contribution in [0.2, 0.25) is 0 Å². The molecular weight excluding hydrogens is 362 g/mol. The molecule has 150 valence electrons. The summed E-state index contributed by atoms with van der Waals surface area (Å²) in [6.45, 7) is 3.94. The molecule has 2 aromatic rings. The Morgan fingerprint density at radius 2 is 1.86 bits per heavy atom. The number of nitrogens with one attached hydrogen (secondary N) is 2. The number of morpholine rings is 1. The first-order valence-corrected chi connectivity index (χ1v) is 9.42. The highest BCUT2D eigenvalue weighted by Gasteiger charge is 2.22. The molecule has 28 heavy (non-hydrogen) atoms. The van der Waals surface area contributed by atoms with Crippen LogP contribution < -0.4 is 10.6 Å². The summed E-state index contributed by atoms with van der Waals surface area (Å²) >= 11 is 0. The van der Waals surface area contributed by atoms with Gasteiger partial charge in [-0.2, -0.15) is 0 Å². The van der Waals surface area contributed by atoms with Crippen molar-refractivity contribution in [3.05, 3.63) is 71.3 Å². The summed E-state index contributed by atoms with van der Waals surface area (Å²) < 4.78 is 32.6. The van der Waals surface area contributed by atoms with Gasteiger partial charge in [-0.15, -0.1) is 0 Å². The number of nitrogens with zero attached hydrogens (tertiary/aromatic N) is 2. The molecule has 1 aliphatic heterocycles. The standard InChI is InChI=1S/C21H26F2N4O/c1-24-21(25-14-17-13-18(22)7-8-19(17)23)26-15-20(16-5-3-2-4-6-16)27-9-11-28-12-10-27/h2-8,13,20H,9-12,14-15H2,1H3,(H2,24,25,26). The maximum Gasteiger partial charge on any atom is 0.191 e. The Bertz CT molecular complexity index is 779. The van der Waals surface area contributed by atoms with Crippen LogP contribution in [0.15, 0.2) is 53.5 Å². The molecule has 3 rings (SSSR count). The summed E-state index contributed by atoms with van der Waals surface area (Å²) in [5.74, 6) is -0.365. The molecule has 1 fully saturated rings. The molecule has 0 radical (unpaired) electrons. The summed E-state index contributed by atoms with van der Waals surface area (Å²) in [7, 11) is 1.66. The average Bonchev–Trinajstić information content (AvgIpc) is 2.74. The zero-order chi connectivity index (χ0) is 19.8. The van der Waals surface area contributed by atoms with Gasteiger partial charge < -0.3 is 15.4 Å². The van der Waals surface area contributed by atoms with Gasteiger partial charge in [0.15, 0.2) is 5.96 Å². The Balaban J connectivity index is 1.63. The molecule has 0 amide bonds. The molecule has 0 aliphatic carbocycles.